The summed E-state index contributed by atoms with van der Waals surface area (Å²) in [6.07, 6.45) is 8.33. The van der Waals surface area contributed by atoms with E-state index in [1.165, 1.54) is 18.5 Å². The molecule has 0 radical (unpaired) electrons. The maximum absolute atomic E-state index is 12.5. The van der Waals surface area contributed by atoms with Gasteiger partial charge in [-0.2, -0.15) is 5.10 Å². The molecule has 7 heteroatoms. The molecule has 0 aromatic carbocycles. The number of hydrogen-bond donors (Lipinski definition) is 1. The maximum atomic E-state index is 12.5. The summed E-state index contributed by atoms with van der Waals surface area (Å²) in [4.78, 5) is 12.5. The summed E-state index contributed by atoms with van der Waals surface area (Å²) in [6.45, 7) is 3.18. The highest BCUT2D eigenvalue weighted by Crippen LogP contribution is 2.44. The normalized spacial score (nSPS) is 22.7. The zero-order chi connectivity index (χ0) is 18.8. The van der Waals surface area contributed by atoms with E-state index in [-0.39, 0.29) is 17.9 Å². The SMILES string of the molecule is CO[C@H]1CCC[C@H](C(=O)NCCn2ncc(-c3cc(C)no3)c2C2CC2)C1. The van der Waals surface area contributed by atoms with Crippen LogP contribution < -0.4 is 5.32 Å². The van der Waals surface area contributed by atoms with Crippen LogP contribution in [0.1, 0.15) is 55.8 Å². The first-order valence-electron chi connectivity index (χ1n) is 9.95. The lowest BCUT2D eigenvalue weighted by molar-refractivity contribution is -0.127. The Labute approximate surface area is 159 Å². The van der Waals surface area contributed by atoms with E-state index in [9.17, 15) is 4.79 Å². The Bertz CT molecular complexity index is 793. The highest BCUT2D eigenvalue weighted by Gasteiger charge is 2.32. The molecule has 27 heavy (non-hydrogen) atoms. The van der Waals surface area contributed by atoms with Gasteiger partial charge in [-0.3, -0.25) is 9.48 Å². The molecule has 2 fully saturated rings. The Morgan fingerprint density at radius 3 is 2.93 bits per heavy atom. The van der Waals surface area contributed by atoms with Gasteiger partial charge < -0.3 is 14.6 Å². The van der Waals surface area contributed by atoms with Crippen LogP contribution in [0, 0.1) is 12.8 Å². The number of nitrogens with one attached hydrogen (secondary N) is 1. The Hall–Kier alpha value is -2.15. The Kier molecular flexibility index (Phi) is 5.29. The molecule has 0 spiro atoms. The van der Waals surface area contributed by atoms with Gasteiger partial charge in [-0.25, -0.2) is 0 Å². The zero-order valence-electron chi connectivity index (χ0n) is 16.1. The van der Waals surface area contributed by atoms with Gasteiger partial charge in [0.05, 0.1) is 35.8 Å². The van der Waals surface area contributed by atoms with Crippen molar-refractivity contribution < 1.29 is 14.1 Å². The molecule has 2 aliphatic carbocycles. The second-order valence-electron chi connectivity index (χ2n) is 7.79. The third-order valence-corrected chi connectivity index (χ3v) is 5.69. The van der Waals surface area contributed by atoms with E-state index in [0.29, 0.717) is 19.0 Å². The summed E-state index contributed by atoms with van der Waals surface area (Å²) in [6, 6.07) is 1.95. The molecular formula is C20H28N4O3. The van der Waals surface area contributed by atoms with Crippen molar-refractivity contribution in [3.05, 3.63) is 23.7 Å². The molecule has 146 valence electrons. The van der Waals surface area contributed by atoms with Gasteiger partial charge in [0.1, 0.15) is 0 Å². The average Bonchev–Trinajstić information content (AvgIpc) is 3.30. The number of carbonyl (C=O) groups excluding carboxylic acids is 1. The molecule has 0 bridgehead atoms. The minimum absolute atomic E-state index is 0.0666. The number of ether oxygens (including phenoxy) is 1. The van der Waals surface area contributed by atoms with E-state index in [1.807, 2.05) is 23.9 Å². The molecule has 2 atom stereocenters. The lowest BCUT2D eigenvalue weighted by Crippen LogP contribution is -2.37. The summed E-state index contributed by atoms with van der Waals surface area (Å²) in [5, 5.41) is 11.6. The summed E-state index contributed by atoms with van der Waals surface area (Å²) in [7, 11) is 1.73. The second kappa shape index (κ2) is 7.84. The Balaban J connectivity index is 1.37. The molecule has 2 aliphatic rings. The van der Waals surface area contributed by atoms with Crippen molar-refractivity contribution in [2.24, 2.45) is 5.92 Å². The highest BCUT2D eigenvalue weighted by molar-refractivity contribution is 5.78. The quantitative estimate of drug-likeness (QED) is 0.808. The van der Waals surface area contributed by atoms with Crippen molar-refractivity contribution in [1.82, 2.24) is 20.3 Å². The maximum Gasteiger partial charge on any atom is 0.223 e. The van der Waals surface area contributed by atoms with Crippen LogP contribution in [0.15, 0.2) is 16.8 Å². The van der Waals surface area contributed by atoms with Crippen molar-refractivity contribution in [2.75, 3.05) is 13.7 Å². The summed E-state index contributed by atoms with van der Waals surface area (Å²) in [5.41, 5.74) is 3.10. The number of rotatable bonds is 7. The first-order valence-corrected chi connectivity index (χ1v) is 9.95. The van der Waals surface area contributed by atoms with Crippen LogP contribution in [0.5, 0.6) is 0 Å². The fraction of sp³-hybridized carbons (Fsp3) is 0.650. The largest absolute Gasteiger partial charge is 0.381 e. The molecule has 7 nitrogen and oxygen atoms in total. The number of methoxy groups -OCH3 is 1. The van der Waals surface area contributed by atoms with Gasteiger partial charge >= 0.3 is 0 Å². The number of amides is 1. The topological polar surface area (TPSA) is 82.2 Å². The number of carbonyl (C=O) groups is 1. The van der Waals surface area contributed by atoms with Crippen molar-refractivity contribution in [3.63, 3.8) is 0 Å². The van der Waals surface area contributed by atoms with Crippen molar-refractivity contribution in [3.8, 4) is 11.3 Å². The summed E-state index contributed by atoms with van der Waals surface area (Å²) in [5.74, 6) is 1.52. The van der Waals surface area contributed by atoms with E-state index >= 15 is 0 Å². The monoisotopic (exact) mass is 372 g/mol. The van der Waals surface area contributed by atoms with Crippen LogP contribution in [0.3, 0.4) is 0 Å². The molecule has 1 amide bonds. The van der Waals surface area contributed by atoms with Crippen molar-refractivity contribution in [2.45, 2.75) is 64.0 Å². The van der Waals surface area contributed by atoms with E-state index in [1.54, 1.807) is 7.11 Å². The molecular weight excluding hydrogens is 344 g/mol. The third kappa shape index (κ3) is 4.08. The fourth-order valence-corrected chi connectivity index (χ4v) is 4.07. The fourth-order valence-electron chi connectivity index (χ4n) is 4.07. The number of nitrogens with zero attached hydrogens (tertiary/aromatic N) is 3. The number of aromatic nitrogens is 3. The Morgan fingerprint density at radius 2 is 2.22 bits per heavy atom. The minimum Gasteiger partial charge on any atom is -0.381 e. The Morgan fingerprint density at radius 1 is 1.37 bits per heavy atom. The van der Waals surface area contributed by atoms with Gasteiger partial charge in [-0.15, -0.1) is 0 Å². The van der Waals surface area contributed by atoms with E-state index in [4.69, 9.17) is 9.26 Å². The van der Waals surface area contributed by atoms with E-state index < -0.39 is 0 Å². The van der Waals surface area contributed by atoms with Crippen LogP contribution in [-0.4, -0.2) is 40.6 Å². The second-order valence-corrected chi connectivity index (χ2v) is 7.79. The molecule has 2 aromatic heterocycles. The van der Waals surface area contributed by atoms with Gasteiger partial charge in [-0.1, -0.05) is 11.6 Å². The van der Waals surface area contributed by atoms with E-state index in [0.717, 1.165) is 42.7 Å². The molecule has 0 aliphatic heterocycles. The third-order valence-electron chi connectivity index (χ3n) is 5.69. The van der Waals surface area contributed by atoms with Gasteiger partial charge in [0.25, 0.3) is 0 Å². The highest BCUT2D eigenvalue weighted by atomic mass is 16.5. The minimum atomic E-state index is 0.0666. The lowest BCUT2D eigenvalue weighted by Gasteiger charge is -2.27. The molecule has 0 saturated heterocycles. The van der Waals surface area contributed by atoms with Crippen molar-refractivity contribution in [1.29, 1.82) is 0 Å². The van der Waals surface area contributed by atoms with Crippen LogP contribution in [-0.2, 0) is 16.1 Å². The van der Waals surface area contributed by atoms with Gasteiger partial charge in [0, 0.05) is 31.6 Å². The molecule has 4 rings (SSSR count). The predicted molar refractivity (Wildman–Crippen MR) is 100 cm³/mol. The molecule has 2 saturated carbocycles. The van der Waals surface area contributed by atoms with Gasteiger partial charge in [-0.05, 0) is 39.0 Å². The number of aryl methyl sites for hydroxylation is 1. The van der Waals surface area contributed by atoms with Crippen molar-refractivity contribution >= 4 is 5.91 Å². The smallest absolute Gasteiger partial charge is 0.223 e. The first kappa shape index (κ1) is 18.2. The van der Waals surface area contributed by atoms with Crippen LogP contribution >= 0.6 is 0 Å². The lowest BCUT2D eigenvalue weighted by atomic mass is 9.86. The van der Waals surface area contributed by atoms with Gasteiger partial charge in [0.2, 0.25) is 5.91 Å². The first-order chi connectivity index (χ1) is 13.2. The standard InChI is InChI=1S/C20H28N4O3/c1-13-10-18(27-23-13)17-12-22-24(19(17)14-6-7-14)9-8-21-20(25)15-4-3-5-16(11-15)26-2/h10,12,14-16H,3-9,11H2,1-2H3,(H,21,25)/t15-,16-/m0/s1. The summed E-state index contributed by atoms with van der Waals surface area (Å²) >= 11 is 0. The molecule has 0 unspecified atom stereocenters. The van der Waals surface area contributed by atoms with Crippen LogP contribution in [0.2, 0.25) is 0 Å². The summed E-state index contributed by atoms with van der Waals surface area (Å²) < 4.78 is 12.9. The molecule has 2 heterocycles. The van der Waals surface area contributed by atoms with E-state index in [2.05, 4.69) is 15.6 Å². The zero-order valence-corrected chi connectivity index (χ0v) is 16.1. The predicted octanol–water partition coefficient (Wildman–Crippen LogP) is 3.05. The van der Waals surface area contributed by atoms with Gasteiger partial charge in [0.15, 0.2) is 5.76 Å². The van der Waals surface area contributed by atoms with Crippen LogP contribution in [0.25, 0.3) is 11.3 Å². The molecule has 2 aromatic rings. The molecule has 1 N–H and O–H groups in total. The average molecular weight is 372 g/mol. The number of hydrogen-bond acceptors (Lipinski definition) is 5. The van der Waals surface area contributed by atoms with Crippen LogP contribution in [0.4, 0.5) is 0 Å².